The molecule has 0 amide bonds. The highest BCUT2D eigenvalue weighted by Gasteiger charge is 2.43. The molecule has 1 saturated carbocycles. The third kappa shape index (κ3) is 2.54. The van der Waals surface area contributed by atoms with Gasteiger partial charge >= 0.3 is 0 Å². The van der Waals surface area contributed by atoms with Crippen LogP contribution in [0.2, 0.25) is 5.02 Å². The van der Waals surface area contributed by atoms with E-state index in [4.69, 9.17) is 11.6 Å². The van der Waals surface area contributed by atoms with Crippen molar-refractivity contribution in [1.29, 1.82) is 0 Å². The number of aromatic nitrogens is 2. The van der Waals surface area contributed by atoms with Crippen LogP contribution in [0.25, 0.3) is 0 Å². The summed E-state index contributed by atoms with van der Waals surface area (Å²) in [6.07, 6.45) is 2.76. The Bertz CT molecular complexity index is 480. The van der Waals surface area contributed by atoms with Gasteiger partial charge in [-0.3, -0.25) is 9.58 Å². The van der Waals surface area contributed by atoms with Gasteiger partial charge in [0.15, 0.2) is 0 Å². The zero-order valence-electron chi connectivity index (χ0n) is 12.0. The molecule has 0 spiro atoms. The fraction of sp³-hybridized carbons (Fsp3) is 0.786. The summed E-state index contributed by atoms with van der Waals surface area (Å²) >= 11 is 6.35. The van der Waals surface area contributed by atoms with Crippen molar-refractivity contribution in [3.05, 3.63) is 16.4 Å². The Balaban J connectivity index is 1.72. The van der Waals surface area contributed by atoms with Crippen LogP contribution in [0, 0.1) is 12.8 Å². The average Bonchev–Trinajstić information content (AvgIpc) is 3.16. The SMILES string of the molecule is Cc1nn(C)c(CN2CCNC(C)(C3CC3)C2)c1Cl. The van der Waals surface area contributed by atoms with Crippen molar-refractivity contribution in [2.75, 3.05) is 19.6 Å². The third-order valence-electron chi connectivity index (χ3n) is 4.62. The Hall–Kier alpha value is -0.580. The van der Waals surface area contributed by atoms with Crippen molar-refractivity contribution in [2.45, 2.75) is 38.8 Å². The quantitative estimate of drug-likeness (QED) is 0.920. The van der Waals surface area contributed by atoms with Crippen LogP contribution < -0.4 is 5.32 Å². The van der Waals surface area contributed by atoms with E-state index in [9.17, 15) is 0 Å². The van der Waals surface area contributed by atoms with Gasteiger partial charge in [-0.25, -0.2) is 0 Å². The first-order valence-corrected chi connectivity index (χ1v) is 7.53. The van der Waals surface area contributed by atoms with Gasteiger partial charge in [-0.15, -0.1) is 0 Å². The largest absolute Gasteiger partial charge is 0.309 e. The van der Waals surface area contributed by atoms with Crippen LogP contribution in [0.1, 0.15) is 31.2 Å². The highest BCUT2D eigenvalue weighted by atomic mass is 35.5. The van der Waals surface area contributed by atoms with Gasteiger partial charge in [0.1, 0.15) is 0 Å². The predicted molar refractivity (Wildman–Crippen MR) is 77.4 cm³/mol. The number of piperazine rings is 1. The molecule has 0 aromatic carbocycles. The van der Waals surface area contributed by atoms with Crippen molar-refractivity contribution >= 4 is 11.6 Å². The van der Waals surface area contributed by atoms with Gasteiger partial charge in [0, 0.05) is 38.8 Å². The summed E-state index contributed by atoms with van der Waals surface area (Å²) in [4.78, 5) is 2.51. The van der Waals surface area contributed by atoms with E-state index in [-0.39, 0.29) is 0 Å². The van der Waals surface area contributed by atoms with E-state index in [0.29, 0.717) is 5.54 Å². The molecule has 1 atom stereocenters. The second kappa shape index (κ2) is 4.76. The Labute approximate surface area is 120 Å². The second-order valence-corrected chi connectivity index (χ2v) is 6.68. The lowest BCUT2D eigenvalue weighted by Gasteiger charge is -2.42. The zero-order chi connectivity index (χ0) is 13.6. The molecule has 0 radical (unpaired) electrons. The van der Waals surface area contributed by atoms with Crippen LogP contribution in [0.3, 0.4) is 0 Å². The van der Waals surface area contributed by atoms with Crippen LogP contribution in [-0.4, -0.2) is 39.9 Å². The Morgan fingerprint density at radius 3 is 2.79 bits per heavy atom. The van der Waals surface area contributed by atoms with Crippen LogP contribution in [0.5, 0.6) is 0 Å². The molecule has 5 heteroatoms. The van der Waals surface area contributed by atoms with Gasteiger partial charge < -0.3 is 5.32 Å². The molecule has 1 aromatic rings. The molecule has 2 aliphatic rings. The summed E-state index contributed by atoms with van der Waals surface area (Å²) in [5, 5.41) is 8.94. The Morgan fingerprint density at radius 1 is 1.47 bits per heavy atom. The normalized spacial score (nSPS) is 28.8. The van der Waals surface area contributed by atoms with Crippen molar-refractivity contribution in [3.63, 3.8) is 0 Å². The highest BCUT2D eigenvalue weighted by Crippen LogP contribution is 2.41. The number of hydrogen-bond donors (Lipinski definition) is 1. The second-order valence-electron chi connectivity index (χ2n) is 6.30. The van der Waals surface area contributed by atoms with E-state index in [1.54, 1.807) is 0 Å². The average molecular weight is 283 g/mol. The van der Waals surface area contributed by atoms with Crippen molar-refractivity contribution in [1.82, 2.24) is 20.0 Å². The minimum absolute atomic E-state index is 0.290. The Kier molecular flexibility index (Phi) is 3.36. The van der Waals surface area contributed by atoms with Crippen molar-refractivity contribution < 1.29 is 0 Å². The van der Waals surface area contributed by atoms with Crippen LogP contribution in [0.4, 0.5) is 0 Å². The molecule has 1 aliphatic heterocycles. The molecule has 2 heterocycles. The lowest BCUT2D eigenvalue weighted by molar-refractivity contribution is 0.119. The molecule has 19 heavy (non-hydrogen) atoms. The standard InChI is InChI=1S/C14H23ClN4/c1-10-13(15)12(18(3)17-10)8-19-7-6-16-14(2,9-19)11-4-5-11/h11,16H,4-9H2,1-3H3. The molecule has 106 valence electrons. The summed E-state index contributed by atoms with van der Waals surface area (Å²) < 4.78 is 1.92. The smallest absolute Gasteiger partial charge is 0.0860 e. The van der Waals surface area contributed by atoms with Gasteiger partial charge in [-0.1, -0.05) is 11.6 Å². The van der Waals surface area contributed by atoms with Gasteiger partial charge in [0.05, 0.1) is 16.4 Å². The van der Waals surface area contributed by atoms with E-state index in [2.05, 4.69) is 22.2 Å². The van der Waals surface area contributed by atoms with Gasteiger partial charge in [-0.2, -0.15) is 5.10 Å². The first kappa shape index (κ1) is 13.4. The zero-order valence-corrected chi connectivity index (χ0v) is 12.8. The van der Waals surface area contributed by atoms with Crippen LogP contribution in [0.15, 0.2) is 0 Å². The highest BCUT2D eigenvalue weighted by molar-refractivity contribution is 6.31. The number of halogens is 1. The van der Waals surface area contributed by atoms with E-state index in [1.807, 2.05) is 18.7 Å². The maximum atomic E-state index is 6.35. The minimum Gasteiger partial charge on any atom is -0.309 e. The summed E-state index contributed by atoms with van der Waals surface area (Å²) in [5.74, 6) is 0.860. The molecule has 1 unspecified atom stereocenters. The molecule has 4 nitrogen and oxygen atoms in total. The molecule has 3 rings (SSSR count). The first-order valence-electron chi connectivity index (χ1n) is 7.15. The molecule has 1 aliphatic carbocycles. The summed E-state index contributed by atoms with van der Waals surface area (Å²) in [7, 11) is 1.98. The number of hydrogen-bond acceptors (Lipinski definition) is 3. The number of nitrogens with one attached hydrogen (secondary N) is 1. The van der Waals surface area contributed by atoms with E-state index < -0.39 is 0 Å². The van der Waals surface area contributed by atoms with Gasteiger partial charge in [0.2, 0.25) is 0 Å². The first-order chi connectivity index (χ1) is 8.99. The third-order valence-corrected chi connectivity index (χ3v) is 5.11. The number of rotatable bonds is 3. The van der Waals surface area contributed by atoms with E-state index in [0.717, 1.165) is 48.5 Å². The summed E-state index contributed by atoms with van der Waals surface area (Å²) in [5.41, 5.74) is 2.36. The van der Waals surface area contributed by atoms with E-state index in [1.165, 1.54) is 12.8 Å². The molecule has 1 aromatic heterocycles. The molecular formula is C14H23ClN4. The predicted octanol–water partition coefficient (Wildman–Crippen LogP) is 1.96. The van der Waals surface area contributed by atoms with Crippen molar-refractivity contribution in [2.24, 2.45) is 13.0 Å². The van der Waals surface area contributed by atoms with Crippen LogP contribution >= 0.6 is 11.6 Å². The topological polar surface area (TPSA) is 33.1 Å². The summed E-state index contributed by atoms with van der Waals surface area (Å²) in [6.45, 7) is 8.51. The molecular weight excluding hydrogens is 260 g/mol. The Morgan fingerprint density at radius 2 is 2.21 bits per heavy atom. The lowest BCUT2D eigenvalue weighted by atomic mass is 9.93. The fourth-order valence-corrected chi connectivity index (χ4v) is 3.51. The molecule has 2 fully saturated rings. The maximum Gasteiger partial charge on any atom is 0.0860 e. The summed E-state index contributed by atoms with van der Waals surface area (Å²) in [6, 6.07) is 0. The molecule has 1 N–H and O–H groups in total. The monoisotopic (exact) mass is 282 g/mol. The lowest BCUT2D eigenvalue weighted by Crippen LogP contribution is -2.59. The number of nitrogens with zero attached hydrogens (tertiary/aromatic N) is 3. The fourth-order valence-electron chi connectivity index (χ4n) is 3.29. The maximum absolute atomic E-state index is 6.35. The molecule has 0 bridgehead atoms. The van der Waals surface area contributed by atoms with Gasteiger partial charge in [-0.05, 0) is 32.6 Å². The number of aryl methyl sites for hydroxylation is 2. The van der Waals surface area contributed by atoms with Crippen LogP contribution in [-0.2, 0) is 13.6 Å². The minimum atomic E-state index is 0.290. The van der Waals surface area contributed by atoms with Crippen molar-refractivity contribution in [3.8, 4) is 0 Å². The van der Waals surface area contributed by atoms with E-state index >= 15 is 0 Å². The van der Waals surface area contributed by atoms with Gasteiger partial charge in [0.25, 0.3) is 0 Å². The molecule has 1 saturated heterocycles.